The molecule has 1 aromatic heterocycles. The summed E-state index contributed by atoms with van der Waals surface area (Å²) in [5, 5.41) is 9.95. The monoisotopic (exact) mass is 461 g/mol. The molecule has 2 heterocycles. The Hall–Kier alpha value is -2.75. The fourth-order valence-corrected chi connectivity index (χ4v) is 5.09. The number of anilines is 1. The summed E-state index contributed by atoms with van der Waals surface area (Å²) in [6.45, 7) is 0.938. The van der Waals surface area contributed by atoms with Crippen LogP contribution in [0.15, 0.2) is 78.9 Å². The second-order valence-electron chi connectivity index (χ2n) is 8.28. The van der Waals surface area contributed by atoms with Crippen LogP contribution in [0.4, 0.5) is 5.82 Å². The Balaban J connectivity index is 1.61. The van der Waals surface area contributed by atoms with Crippen LogP contribution in [0.1, 0.15) is 41.1 Å². The summed E-state index contributed by atoms with van der Waals surface area (Å²) in [4.78, 5) is 0. The minimum absolute atomic E-state index is 0.232. The van der Waals surface area contributed by atoms with Gasteiger partial charge in [-0.15, -0.1) is 0 Å². The summed E-state index contributed by atoms with van der Waals surface area (Å²) in [6.07, 6.45) is 4.14. The number of rotatable bonds is 5. The van der Waals surface area contributed by atoms with Crippen LogP contribution in [-0.4, -0.2) is 16.3 Å². The Morgan fingerprint density at radius 2 is 1.47 bits per heavy atom. The number of nitrogens with one attached hydrogen (secondary N) is 1. The molecule has 0 unspecified atom stereocenters. The van der Waals surface area contributed by atoms with Crippen molar-refractivity contribution in [2.75, 3.05) is 11.9 Å². The number of hydrogen-bond donors (Lipinski definition) is 1. The highest BCUT2D eigenvalue weighted by Gasteiger charge is 2.24. The Labute approximate surface area is 199 Å². The van der Waals surface area contributed by atoms with Crippen molar-refractivity contribution in [1.82, 2.24) is 9.78 Å². The molecule has 0 bridgehead atoms. The van der Waals surface area contributed by atoms with Gasteiger partial charge in [0.2, 0.25) is 0 Å². The molecule has 1 N–H and O–H groups in total. The van der Waals surface area contributed by atoms with Gasteiger partial charge in [-0.25, -0.2) is 4.68 Å². The van der Waals surface area contributed by atoms with Gasteiger partial charge in [-0.1, -0.05) is 83.9 Å². The highest BCUT2D eigenvalue weighted by atomic mass is 35.5. The van der Waals surface area contributed by atoms with Crippen molar-refractivity contribution >= 4 is 29.0 Å². The maximum absolute atomic E-state index is 6.32. The highest BCUT2D eigenvalue weighted by molar-refractivity contribution is 6.34. The Kier molecular flexibility index (Phi) is 6.20. The molecule has 0 amide bonds. The lowest BCUT2D eigenvalue weighted by atomic mass is 9.86. The Bertz CT molecular complexity index is 1140. The summed E-state index contributed by atoms with van der Waals surface area (Å²) in [7, 11) is 0. The van der Waals surface area contributed by atoms with E-state index in [2.05, 4.69) is 66.0 Å². The molecule has 3 aromatic carbocycles. The molecule has 32 heavy (non-hydrogen) atoms. The fourth-order valence-electron chi connectivity index (χ4n) is 4.58. The lowest BCUT2D eigenvalue weighted by molar-refractivity contribution is 0.727. The van der Waals surface area contributed by atoms with E-state index in [1.807, 2.05) is 16.8 Å². The predicted octanol–water partition coefficient (Wildman–Crippen LogP) is 7.30. The third-order valence-corrected chi connectivity index (χ3v) is 6.54. The molecular weight excluding hydrogens is 437 g/mol. The zero-order valence-electron chi connectivity index (χ0n) is 17.8. The molecule has 4 aromatic rings. The van der Waals surface area contributed by atoms with Gasteiger partial charge < -0.3 is 5.32 Å². The number of nitrogens with zero attached hydrogens (tertiary/aromatic N) is 2. The van der Waals surface area contributed by atoms with Crippen LogP contribution in [-0.2, 0) is 12.8 Å². The number of hydrogen-bond acceptors (Lipinski definition) is 2. The molecule has 0 fully saturated rings. The molecule has 0 saturated heterocycles. The first-order valence-electron chi connectivity index (χ1n) is 11.1. The molecule has 0 spiro atoms. The van der Waals surface area contributed by atoms with E-state index < -0.39 is 0 Å². The average Bonchev–Trinajstić information content (AvgIpc) is 2.97. The number of aromatic nitrogens is 2. The van der Waals surface area contributed by atoms with Gasteiger partial charge >= 0.3 is 0 Å². The maximum Gasteiger partial charge on any atom is 0.133 e. The molecule has 5 rings (SSSR count). The van der Waals surface area contributed by atoms with E-state index in [-0.39, 0.29) is 5.92 Å². The molecule has 0 radical (unpaired) electrons. The van der Waals surface area contributed by atoms with Crippen molar-refractivity contribution in [3.8, 4) is 5.69 Å². The first-order chi connectivity index (χ1) is 15.7. The summed E-state index contributed by atoms with van der Waals surface area (Å²) in [5.74, 6) is 1.30. The topological polar surface area (TPSA) is 29.9 Å². The van der Waals surface area contributed by atoms with E-state index in [1.54, 1.807) is 6.07 Å². The van der Waals surface area contributed by atoms with E-state index in [1.165, 1.54) is 16.7 Å². The Morgan fingerprint density at radius 3 is 2.09 bits per heavy atom. The number of fused-ring (bicyclic) bond motifs is 1. The predicted molar refractivity (Wildman–Crippen MR) is 133 cm³/mol. The van der Waals surface area contributed by atoms with Crippen molar-refractivity contribution in [3.63, 3.8) is 0 Å². The fraction of sp³-hybridized carbons (Fsp3) is 0.222. The molecule has 3 nitrogen and oxygen atoms in total. The van der Waals surface area contributed by atoms with Gasteiger partial charge in [0.25, 0.3) is 0 Å². The van der Waals surface area contributed by atoms with E-state index in [0.717, 1.165) is 49.4 Å². The smallest absolute Gasteiger partial charge is 0.133 e. The van der Waals surface area contributed by atoms with Crippen LogP contribution in [0, 0.1) is 0 Å². The van der Waals surface area contributed by atoms with Gasteiger partial charge in [-0.05, 0) is 48.6 Å². The Morgan fingerprint density at radius 1 is 0.844 bits per heavy atom. The van der Waals surface area contributed by atoms with Crippen LogP contribution in [0.5, 0.6) is 0 Å². The van der Waals surface area contributed by atoms with Crippen LogP contribution in [0.2, 0.25) is 10.0 Å². The average molecular weight is 462 g/mol. The lowest BCUT2D eigenvalue weighted by Gasteiger charge is -2.18. The standard InChI is InChI=1S/C27H25Cl2N3/c28-21-15-22(29)17-23(16-21)32-27-24(13-7-8-14-30-27)26(31-32)18-25(19-9-3-1-4-10-19)20-11-5-2-6-12-20/h1-6,9-12,15-17,25,30H,7-8,13-14,18H2. The molecule has 162 valence electrons. The van der Waals surface area contributed by atoms with Gasteiger partial charge in [0, 0.05) is 34.5 Å². The summed E-state index contributed by atoms with van der Waals surface area (Å²) >= 11 is 12.6. The van der Waals surface area contributed by atoms with Crippen LogP contribution >= 0.6 is 23.2 Å². The van der Waals surface area contributed by atoms with Gasteiger partial charge in [0.05, 0.1) is 11.4 Å². The normalized spacial score (nSPS) is 13.5. The van der Waals surface area contributed by atoms with E-state index in [0.29, 0.717) is 10.0 Å². The molecule has 0 atom stereocenters. The minimum Gasteiger partial charge on any atom is -0.370 e. The van der Waals surface area contributed by atoms with Crippen LogP contribution in [0.3, 0.4) is 0 Å². The zero-order chi connectivity index (χ0) is 21.9. The first kappa shape index (κ1) is 21.1. The van der Waals surface area contributed by atoms with Gasteiger partial charge in [0.1, 0.15) is 5.82 Å². The second-order valence-corrected chi connectivity index (χ2v) is 9.15. The van der Waals surface area contributed by atoms with Crippen molar-refractivity contribution in [3.05, 3.63) is 111 Å². The number of benzene rings is 3. The molecule has 0 saturated carbocycles. The third-order valence-electron chi connectivity index (χ3n) is 6.11. The van der Waals surface area contributed by atoms with Gasteiger partial charge in [-0.3, -0.25) is 0 Å². The molecule has 1 aliphatic rings. The van der Waals surface area contributed by atoms with Crippen molar-refractivity contribution in [2.24, 2.45) is 0 Å². The molecule has 5 heteroatoms. The molecule has 0 aliphatic carbocycles. The minimum atomic E-state index is 0.232. The largest absolute Gasteiger partial charge is 0.370 e. The quantitative estimate of drug-likeness (QED) is 0.337. The van der Waals surface area contributed by atoms with Crippen molar-refractivity contribution in [2.45, 2.75) is 31.6 Å². The van der Waals surface area contributed by atoms with Gasteiger partial charge in [-0.2, -0.15) is 5.10 Å². The molecular formula is C27H25Cl2N3. The molecule has 1 aliphatic heterocycles. The third kappa shape index (κ3) is 4.41. The number of halogens is 2. The SMILES string of the molecule is Clc1cc(Cl)cc(-n2nc(CC(c3ccccc3)c3ccccc3)c3c2NCCCC3)c1. The van der Waals surface area contributed by atoms with Crippen molar-refractivity contribution < 1.29 is 0 Å². The second kappa shape index (κ2) is 9.40. The first-order valence-corrected chi connectivity index (χ1v) is 11.9. The summed E-state index contributed by atoms with van der Waals surface area (Å²) in [5.41, 5.74) is 5.91. The summed E-state index contributed by atoms with van der Waals surface area (Å²) < 4.78 is 1.99. The van der Waals surface area contributed by atoms with Crippen LogP contribution < -0.4 is 5.32 Å². The summed E-state index contributed by atoms with van der Waals surface area (Å²) in [6, 6.07) is 27.0. The van der Waals surface area contributed by atoms with E-state index in [9.17, 15) is 0 Å². The highest BCUT2D eigenvalue weighted by Crippen LogP contribution is 2.35. The van der Waals surface area contributed by atoms with Crippen LogP contribution in [0.25, 0.3) is 5.69 Å². The van der Waals surface area contributed by atoms with Gasteiger partial charge in [0.15, 0.2) is 0 Å². The van der Waals surface area contributed by atoms with Crippen molar-refractivity contribution in [1.29, 1.82) is 0 Å². The maximum atomic E-state index is 6.32. The van der Waals surface area contributed by atoms with E-state index in [4.69, 9.17) is 28.3 Å². The zero-order valence-corrected chi connectivity index (χ0v) is 19.3. The lowest BCUT2D eigenvalue weighted by Crippen LogP contribution is -2.08. The van der Waals surface area contributed by atoms with E-state index >= 15 is 0 Å².